The molecule has 9 heteroatoms. The van der Waals surface area contributed by atoms with E-state index in [-0.39, 0.29) is 12.6 Å². The van der Waals surface area contributed by atoms with Crippen molar-refractivity contribution in [3.63, 3.8) is 0 Å². The molecule has 0 bridgehead atoms. The monoisotopic (exact) mass is 428 g/mol. The van der Waals surface area contributed by atoms with Gasteiger partial charge in [-0.15, -0.1) is 0 Å². The van der Waals surface area contributed by atoms with Crippen molar-refractivity contribution in [2.24, 2.45) is 0 Å². The lowest BCUT2D eigenvalue weighted by Crippen LogP contribution is -2.37. The van der Waals surface area contributed by atoms with Crippen molar-refractivity contribution < 1.29 is 26.3 Å². The molecule has 2 aromatic carbocycles. The minimum Gasteiger partial charge on any atom is -0.496 e. The summed E-state index contributed by atoms with van der Waals surface area (Å²) in [6, 6.07) is 11.1. The van der Waals surface area contributed by atoms with Crippen molar-refractivity contribution in [2.75, 3.05) is 26.7 Å². The fourth-order valence-corrected chi connectivity index (χ4v) is 4.90. The van der Waals surface area contributed by atoms with Gasteiger partial charge in [0, 0.05) is 12.1 Å². The first kappa shape index (κ1) is 21.6. The topological polar surface area (TPSA) is 58.6 Å². The first-order chi connectivity index (χ1) is 13.7. The fourth-order valence-electron chi connectivity index (χ4n) is 3.63. The molecule has 2 aromatic rings. The van der Waals surface area contributed by atoms with Crippen molar-refractivity contribution >= 4 is 10.0 Å². The van der Waals surface area contributed by atoms with Crippen LogP contribution in [0.4, 0.5) is 13.2 Å². The van der Waals surface area contributed by atoms with Crippen LogP contribution < -0.4 is 9.46 Å². The smallest absolute Gasteiger partial charge is 0.417 e. The molecule has 1 N–H and O–H groups in total. The van der Waals surface area contributed by atoms with Crippen LogP contribution in [0.15, 0.2) is 53.4 Å². The number of para-hydroxylation sites is 1. The molecule has 0 spiro atoms. The van der Waals surface area contributed by atoms with E-state index in [0.29, 0.717) is 5.75 Å². The summed E-state index contributed by atoms with van der Waals surface area (Å²) in [5.74, 6) is 0.610. The van der Waals surface area contributed by atoms with E-state index in [2.05, 4.69) is 9.62 Å². The van der Waals surface area contributed by atoms with Gasteiger partial charge >= 0.3 is 6.18 Å². The molecule has 0 aromatic heterocycles. The third-order valence-electron chi connectivity index (χ3n) is 5.03. The molecule has 1 aliphatic rings. The number of ether oxygens (including phenoxy) is 1. The van der Waals surface area contributed by atoms with Crippen LogP contribution >= 0.6 is 0 Å². The number of alkyl halides is 3. The summed E-state index contributed by atoms with van der Waals surface area (Å²) in [5, 5.41) is 0. The van der Waals surface area contributed by atoms with E-state index in [1.807, 2.05) is 18.2 Å². The number of likely N-dealkylation sites (tertiary alicyclic amines) is 1. The Morgan fingerprint density at radius 2 is 1.69 bits per heavy atom. The molecule has 1 aliphatic heterocycles. The highest BCUT2D eigenvalue weighted by Crippen LogP contribution is 2.35. The second kappa shape index (κ2) is 8.73. The van der Waals surface area contributed by atoms with Gasteiger partial charge in [0.1, 0.15) is 5.75 Å². The second-order valence-corrected chi connectivity index (χ2v) is 8.58. The predicted octanol–water partition coefficient (Wildman–Crippen LogP) is 3.83. The Bertz CT molecular complexity index is 942. The lowest BCUT2D eigenvalue weighted by atomic mass is 10.0. The lowest BCUT2D eigenvalue weighted by molar-refractivity contribution is -0.139. The molecule has 158 valence electrons. The Morgan fingerprint density at radius 1 is 1.07 bits per heavy atom. The maximum atomic E-state index is 13.3. The van der Waals surface area contributed by atoms with Crippen LogP contribution in [0.3, 0.4) is 0 Å². The highest BCUT2D eigenvalue weighted by molar-refractivity contribution is 7.89. The van der Waals surface area contributed by atoms with Gasteiger partial charge in [-0.1, -0.05) is 30.3 Å². The SMILES string of the molecule is COc1ccccc1C(CNS(=O)(=O)c1ccccc1C(F)(F)F)N1CCCC1. The third kappa shape index (κ3) is 4.91. The number of nitrogens with zero attached hydrogens (tertiary/aromatic N) is 1. The first-order valence-electron chi connectivity index (χ1n) is 9.27. The molecular weight excluding hydrogens is 405 g/mol. The summed E-state index contributed by atoms with van der Waals surface area (Å²) in [4.78, 5) is 1.35. The third-order valence-corrected chi connectivity index (χ3v) is 6.51. The molecule has 1 heterocycles. The lowest BCUT2D eigenvalue weighted by Gasteiger charge is -2.29. The molecule has 3 rings (SSSR count). The van der Waals surface area contributed by atoms with E-state index in [0.717, 1.165) is 43.6 Å². The summed E-state index contributed by atoms with van der Waals surface area (Å²) >= 11 is 0. The van der Waals surface area contributed by atoms with Crippen molar-refractivity contribution in [3.8, 4) is 5.75 Å². The molecule has 5 nitrogen and oxygen atoms in total. The van der Waals surface area contributed by atoms with E-state index in [1.165, 1.54) is 19.2 Å². The normalized spacial score (nSPS) is 16.7. The number of hydrogen-bond donors (Lipinski definition) is 1. The van der Waals surface area contributed by atoms with Gasteiger partial charge in [-0.2, -0.15) is 13.2 Å². The molecule has 29 heavy (non-hydrogen) atoms. The van der Waals surface area contributed by atoms with Crippen molar-refractivity contribution in [1.82, 2.24) is 9.62 Å². The number of hydrogen-bond acceptors (Lipinski definition) is 4. The summed E-state index contributed by atoms with van der Waals surface area (Å²) in [7, 11) is -2.83. The number of sulfonamides is 1. The van der Waals surface area contributed by atoms with Crippen LogP contribution in [-0.2, 0) is 16.2 Å². The largest absolute Gasteiger partial charge is 0.496 e. The van der Waals surface area contributed by atoms with E-state index in [9.17, 15) is 21.6 Å². The zero-order valence-corrected chi connectivity index (χ0v) is 16.8. The Morgan fingerprint density at radius 3 is 2.34 bits per heavy atom. The molecule has 1 atom stereocenters. The van der Waals surface area contributed by atoms with Crippen LogP contribution in [0.1, 0.15) is 30.0 Å². The number of benzene rings is 2. The Labute approximate surface area is 168 Å². The summed E-state index contributed by atoms with van der Waals surface area (Å²) in [6.45, 7) is 1.50. The Kier molecular flexibility index (Phi) is 6.50. The zero-order chi connectivity index (χ0) is 21.1. The maximum absolute atomic E-state index is 13.3. The van der Waals surface area contributed by atoms with E-state index >= 15 is 0 Å². The molecule has 0 amide bonds. The zero-order valence-electron chi connectivity index (χ0n) is 15.9. The Hall–Kier alpha value is -2.10. The van der Waals surface area contributed by atoms with Crippen LogP contribution in [0.5, 0.6) is 5.75 Å². The van der Waals surface area contributed by atoms with Gasteiger partial charge in [0.2, 0.25) is 10.0 Å². The standard InChI is InChI=1S/C20H23F3N2O3S/c1-28-18-10-4-2-8-15(18)17(25-12-6-7-13-25)14-24-29(26,27)19-11-5-3-9-16(19)20(21,22)23/h2-5,8-11,17,24H,6-7,12-14H2,1H3. The van der Waals surface area contributed by atoms with Crippen molar-refractivity contribution in [3.05, 3.63) is 59.7 Å². The summed E-state index contributed by atoms with van der Waals surface area (Å²) in [6.07, 6.45) is -2.80. The van der Waals surface area contributed by atoms with Crippen LogP contribution in [0.2, 0.25) is 0 Å². The average Bonchev–Trinajstić information content (AvgIpc) is 3.22. The average molecular weight is 428 g/mol. The molecule has 0 aliphatic carbocycles. The molecular formula is C20H23F3N2O3S. The fraction of sp³-hybridized carbons (Fsp3) is 0.400. The summed E-state index contributed by atoms with van der Waals surface area (Å²) in [5.41, 5.74) is -0.383. The number of halogens is 3. The van der Waals surface area contributed by atoms with Gasteiger partial charge in [0.25, 0.3) is 0 Å². The van der Waals surface area contributed by atoms with Crippen molar-refractivity contribution in [1.29, 1.82) is 0 Å². The highest BCUT2D eigenvalue weighted by Gasteiger charge is 2.37. The molecule has 0 radical (unpaired) electrons. The van der Waals surface area contributed by atoms with Gasteiger partial charge in [-0.05, 0) is 44.1 Å². The van der Waals surface area contributed by atoms with Crippen LogP contribution in [0.25, 0.3) is 0 Å². The van der Waals surface area contributed by atoms with Gasteiger partial charge < -0.3 is 4.74 Å². The van der Waals surface area contributed by atoms with Crippen molar-refractivity contribution in [2.45, 2.75) is 30.0 Å². The van der Waals surface area contributed by atoms with Gasteiger partial charge in [0.15, 0.2) is 0 Å². The van der Waals surface area contributed by atoms with E-state index in [4.69, 9.17) is 4.74 Å². The predicted molar refractivity (Wildman–Crippen MR) is 103 cm³/mol. The Balaban J connectivity index is 1.90. The van der Waals surface area contributed by atoms with Gasteiger partial charge in [-0.25, -0.2) is 13.1 Å². The highest BCUT2D eigenvalue weighted by atomic mass is 32.2. The number of rotatable bonds is 7. The van der Waals surface area contributed by atoms with E-state index in [1.54, 1.807) is 6.07 Å². The first-order valence-corrected chi connectivity index (χ1v) is 10.7. The molecule has 0 saturated carbocycles. The molecule has 1 fully saturated rings. The van der Waals surface area contributed by atoms with Crippen LogP contribution in [0, 0.1) is 0 Å². The van der Waals surface area contributed by atoms with Crippen LogP contribution in [-0.4, -0.2) is 40.1 Å². The molecule has 1 saturated heterocycles. The maximum Gasteiger partial charge on any atom is 0.417 e. The quantitative estimate of drug-likeness (QED) is 0.728. The summed E-state index contributed by atoms with van der Waals surface area (Å²) < 4.78 is 73.1. The number of nitrogens with one attached hydrogen (secondary N) is 1. The van der Waals surface area contributed by atoms with E-state index < -0.39 is 26.7 Å². The van der Waals surface area contributed by atoms with Gasteiger partial charge in [0.05, 0.1) is 23.6 Å². The molecule has 1 unspecified atom stereocenters. The van der Waals surface area contributed by atoms with Gasteiger partial charge in [-0.3, -0.25) is 4.90 Å². The minimum atomic E-state index is -4.76. The minimum absolute atomic E-state index is 0.0606. The second-order valence-electron chi connectivity index (χ2n) is 6.85. The number of methoxy groups -OCH3 is 1.